The quantitative estimate of drug-likeness (QED) is 0.192. The van der Waals surface area contributed by atoms with Crippen LogP contribution in [0, 0.1) is 0 Å². The van der Waals surface area contributed by atoms with E-state index in [1.807, 2.05) is 86.6 Å². The molecular weight excluding hydrogens is 484 g/mol. The Hall–Kier alpha value is -4.86. The maximum atomic E-state index is 12.0. The van der Waals surface area contributed by atoms with Gasteiger partial charge in [0, 0.05) is 11.4 Å². The van der Waals surface area contributed by atoms with Crippen molar-refractivity contribution < 1.29 is 19.1 Å². The first-order chi connectivity index (χ1) is 18.6. The van der Waals surface area contributed by atoms with E-state index in [0.29, 0.717) is 13.2 Å². The third-order valence-corrected chi connectivity index (χ3v) is 4.98. The fraction of sp³-hybridized carbons (Fsp3) is 0.214. The summed E-state index contributed by atoms with van der Waals surface area (Å²) in [6.45, 7) is 5.23. The van der Waals surface area contributed by atoms with E-state index in [-0.39, 0.29) is 24.9 Å². The molecule has 0 bridgehead atoms. The molecule has 3 aromatic rings. The average molecular weight is 517 g/mol. The van der Waals surface area contributed by atoms with Crippen LogP contribution in [0.3, 0.4) is 0 Å². The van der Waals surface area contributed by atoms with Gasteiger partial charge in [-0.1, -0.05) is 24.3 Å². The van der Waals surface area contributed by atoms with E-state index >= 15 is 0 Å². The summed E-state index contributed by atoms with van der Waals surface area (Å²) >= 11 is 0. The van der Waals surface area contributed by atoms with Crippen LogP contribution >= 0.6 is 0 Å². The minimum absolute atomic E-state index is 0.0855. The smallest absolute Gasteiger partial charge is 0.259 e. The number of hydrogen-bond donors (Lipinski definition) is 4. The van der Waals surface area contributed by atoms with Crippen LogP contribution in [0.25, 0.3) is 0 Å². The van der Waals surface area contributed by atoms with E-state index in [2.05, 4.69) is 31.7 Å². The Morgan fingerprint density at radius 2 is 1.00 bits per heavy atom. The van der Waals surface area contributed by atoms with Crippen molar-refractivity contribution in [2.45, 2.75) is 13.8 Å². The minimum Gasteiger partial charge on any atom is -0.494 e. The van der Waals surface area contributed by atoms with Crippen LogP contribution in [0.4, 0.5) is 11.4 Å². The Bertz CT molecular complexity index is 1110. The summed E-state index contributed by atoms with van der Waals surface area (Å²) in [7, 11) is 0. The molecule has 0 fully saturated rings. The SMILES string of the molecule is CCOc1ccc(NCC(=O)N/N=C/c2ccc(/C=N/NC(=O)CNc3ccc(OCC)cc3)cc2)cc1. The highest BCUT2D eigenvalue weighted by atomic mass is 16.5. The highest BCUT2D eigenvalue weighted by Gasteiger charge is 2.02. The highest BCUT2D eigenvalue weighted by molar-refractivity contribution is 5.87. The van der Waals surface area contributed by atoms with Gasteiger partial charge in [0.05, 0.1) is 38.7 Å². The number of benzene rings is 3. The van der Waals surface area contributed by atoms with Gasteiger partial charge in [0.25, 0.3) is 11.8 Å². The first kappa shape index (κ1) is 27.7. The number of hydrogen-bond acceptors (Lipinski definition) is 8. The van der Waals surface area contributed by atoms with Crippen LogP contribution in [0.15, 0.2) is 83.0 Å². The molecule has 0 aliphatic heterocycles. The zero-order valence-corrected chi connectivity index (χ0v) is 21.4. The number of nitrogens with one attached hydrogen (secondary N) is 4. The largest absolute Gasteiger partial charge is 0.494 e. The van der Waals surface area contributed by atoms with Gasteiger partial charge in [-0.15, -0.1) is 0 Å². The van der Waals surface area contributed by atoms with Crippen molar-refractivity contribution in [3.05, 3.63) is 83.9 Å². The highest BCUT2D eigenvalue weighted by Crippen LogP contribution is 2.16. The summed E-state index contributed by atoms with van der Waals surface area (Å²) in [6, 6.07) is 22.0. The summed E-state index contributed by atoms with van der Waals surface area (Å²) in [6.07, 6.45) is 3.09. The van der Waals surface area contributed by atoms with Crippen molar-refractivity contribution in [2.75, 3.05) is 36.9 Å². The van der Waals surface area contributed by atoms with Gasteiger partial charge in [0.15, 0.2) is 0 Å². The van der Waals surface area contributed by atoms with Crippen molar-refractivity contribution in [1.82, 2.24) is 10.9 Å². The van der Waals surface area contributed by atoms with Crippen LogP contribution in [0.2, 0.25) is 0 Å². The van der Waals surface area contributed by atoms with E-state index in [1.54, 1.807) is 12.4 Å². The van der Waals surface area contributed by atoms with Gasteiger partial charge in [0.2, 0.25) is 0 Å². The lowest BCUT2D eigenvalue weighted by atomic mass is 10.2. The van der Waals surface area contributed by atoms with Crippen molar-refractivity contribution in [2.24, 2.45) is 10.2 Å². The summed E-state index contributed by atoms with van der Waals surface area (Å²) in [5, 5.41) is 14.0. The van der Waals surface area contributed by atoms with Gasteiger partial charge >= 0.3 is 0 Å². The van der Waals surface area contributed by atoms with Gasteiger partial charge in [-0.3, -0.25) is 9.59 Å². The van der Waals surface area contributed by atoms with Gasteiger partial charge < -0.3 is 20.1 Å². The molecule has 3 aromatic carbocycles. The molecule has 10 heteroatoms. The minimum atomic E-state index is -0.272. The van der Waals surface area contributed by atoms with Gasteiger partial charge in [0.1, 0.15) is 11.5 Å². The molecule has 0 aromatic heterocycles. The second-order valence-corrected chi connectivity index (χ2v) is 7.87. The summed E-state index contributed by atoms with van der Waals surface area (Å²) in [5.41, 5.74) is 8.18. The lowest BCUT2D eigenvalue weighted by molar-refractivity contribution is -0.120. The number of hydrazone groups is 2. The predicted octanol–water partition coefficient (Wildman–Crippen LogP) is 3.61. The van der Waals surface area contributed by atoms with Gasteiger partial charge in [-0.05, 0) is 73.5 Å². The van der Waals surface area contributed by atoms with Crippen LogP contribution in [-0.4, -0.2) is 50.5 Å². The van der Waals surface area contributed by atoms with Crippen molar-refractivity contribution in [1.29, 1.82) is 0 Å². The third kappa shape index (κ3) is 10.0. The lowest BCUT2D eigenvalue weighted by Crippen LogP contribution is -2.25. The maximum absolute atomic E-state index is 12.0. The second kappa shape index (κ2) is 15.3. The Kier molecular flexibility index (Phi) is 11.2. The molecule has 0 aliphatic carbocycles. The van der Waals surface area contributed by atoms with E-state index in [4.69, 9.17) is 9.47 Å². The number of carbonyl (C=O) groups excluding carboxylic acids is 2. The molecule has 2 amide bonds. The Morgan fingerprint density at radius 1 is 0.632 bits per heavy atom. The normalized spacial score (nSPS) is 10.8. The predicted molar refractivity (Wildman–Crippen MR) is 150 cm³/mol. The van der Waals surface area contributed by atoms with E-state index in [9.17, 15) is 9.59 Å². The molecule has 3 rings (SSSR count). The topological polar surface area (TPSA) is 125 Å². The zero-order chi connectivity index (χ0) is 27.0. The molecule has 10 nitrogen and oxygen atoms in total. The van der Waals surface area contributed by atoms with Crippen molar-refractivity contribution >= 4 is 35.6 Å². The first-order valence-electron chi connectivity index (χ1n) is 12.2. The molecule has 0 aliphatic rings. The Balaban J connectivity index is 1.34. The molecule has 0 heterocycles. The fourth-order valence-corrected chi connectivity index (χ4v) is 3.14. The second-order valence-electron chi connectivity index (χ2n) is 7.87. The third-order valence-electron chi connectivity index (χ3n) is 4.98. The molecule has 0 saturated heterocycles. The molecule has 0 unspecified atom stereocenters. The van der Waals surface area contributed by atoms with Crippen LogP contribution in [0.1, 0.15) is 25.0 Å². The van der Waals surface area contributed by atoms with Crippen LogP contribution in [-0.2, 0) is 9.59 Å². The molecular formula is C28H32N6O4. The summed E-state index contributed by atoms with van der Waals surface area (Å²) < 4.78 is 10.8. The number of rotatable bonds is 14. The van der Waals surface area contributed by atoms with E-state index in [0.717, 1.165) is 34.0 Å². The van der Waals surface area contributed by atoms with Crippen LogP contribution < -0.4 is 31.0 Å². The summed E-state index contributed by atoms with van der Waals surface area (Å²) in [5.74, 6) is 1.02. The molecule has 0 spiro atoms. The van der Waals surface area contributed by atoms with Crippen molar-refractivity contribution in [3.63, 3.8) is 0 Å². The molecule has 0 radical (unpaired) electrons. The molecule has 0 saturated carbocycles. The zero-order valence-electron chi connectivity index (χ0n) is 21.4. The maximum Gasteiger partial charge on any atom is 0.259 e. The molecule has 4 N–H and O–H groups in total. The Labute approximate surface area is 222 Å². The molecule has 198 valence electrons. The first-order valence-corrected chi connectivity index (χ1v) is 12.2. The average Bonchev–Trinajstić information content (AvgIpc) is 2.93. The van der Waals surface area contributed by atoms with Gasteiger partial charge in [-0.25, -0.2) is 10.9 Å². The van der Waals surface area contributed by atoms with E-state index < -0.39 is 0 Å². The van der Waals surface area contributed by atoms with E-state index in [1.165, 1.54) is 0 Å². The number of anilines is 2. The fourth-order valence-electron chi connectivity index (χ4n) is 3.14. The van der Waals surface area contributed by atoms with Gasteiger partial charge in [-0.2, -0.15) is 10.2 Å². The number of amides is 2. The summed E-state index contributed by atoms with van der Waals surface area (Å²) in [4.78, 5) is 24.0. The van der Waals surface area contributed by atoms with Crippen LogP contribution in [0.5, 0.6) is 11.5 Å². The molecule has 0 atom stereocenters. The number of ether oxygens (including phenoxy) is 2. The number of carbonyl (C=O) groups is 2. The standard InChI is InChI=1S/C28H32N6O4/c1-3-37-25-13-9-23(10-14-25)29-19-27(35)33-31-17-21-5-7-22(8-6-21)18-32-34-28(36)20-30-24-11-15-26(16-12-24)38-4-2/h5-18,29-30H,3-4,19-20H2,1-2H3,(H,33,35)(H,34,36)/b31-17+,32-18+. The number of nitrogens with zero attached hydrogens (tertiary/aromatic N) is 2. The lowest BCUT2D eigenvalue weighted by Gasteiger charge is -2.07. The monoisotopic (exact) mass is 516 g/mol. The molecule has 38 heavy (non-hydrogen) atoms. The Morgan fingerprint density at radius 3 is 1.34 bits per heavy atom. The van der Waals surface area contributed by atoms with Crippen molar-refractivity contribution in [3.8, 4) is 11.5 Å².